The van der Waals surface area contributed by atoms with Gasteiger partial charge in [0.05, 0.1) is 6.10 Å². The van der Waals surface area contributed by atoms with Crippen molar-refractivity contribution in [1.82, 2.24) is 9.97 Å². The third kappa shape index (κ3) is 3.65. The average molecular weight is 330 g/mol. The van der Waals surface area contributed by atoms with Gasteiger partial charge in [-0.1, -0.05) is 41.9 Å². The van der Waals surface area contributed by atoms with Crippen LogP contribution in [0.4, 0.5) is 5.82 Å². The smallest absolute Gasteiger partial charge is 0.135 e. The van der Waals surface area contributed by atoms with Gasteiger partial charge in [0, 0.05) is 24.6 Å². The molecular weight excluding hydrogens is 310 g/mol. The summed E-state index contributed by atoms with van der Waals surface area (Å²) in [6.45, 7) is 0.755. The van der Waals surface area contributed by atoms with Crippen molar-refractivity contribution in [2.75, 3.05) is 11.9 Å². The quantitative estimate of drug-likeness (QED) is 0.848. The van der Waals surface area contributed by atoms with E-state index in [0.717, 1.165) is 31.1 Å². The van der Waals surface area contributed by atoms with Crippen LogP contribution in [-0.2, 0) is 4.74 Å². The molecule has 1 N–H and O–H groups in total. The Morgan fingerprint density at radius 3 is 2.70 bits per heavy atom. The topological polar surface area (TPSA) is 47.0 Å². The lowest BCUT2D eigenvalue weighted by atomic mass is 9.97. The highest BCUT2D eigenvalue weighted by molar-refractivity contribution is 6.29. The van der Waals surface area contributed by atoms with Gasteiger partial charge in [0.15, 0.2) is 0 Å². The minimum atomic E-state index is 0.141. The molecule has 2 aromatic rings. The van der Waals surface area contributed by atoms with Crippen LogP contribution in [0.15, 0.2) is 36.4 Å². The van der Waals surface area contributed by atoms with E-state index in [1.54, 1.807) is 0 Å². The Hall–Kier alpha value is -1.65. The molecule has 5 heteroatoms. The fourth-order valence-electron chi connectivity index (χ4n) is 3.07. The molecule has 23 heavy (non-hydrogen) atoms. The standard InChI is InChI=1S/C18H20ClN3O/c19-16-11-17(22-18(21-16)13-6-7-13)20-14-8-9-23-15(10-14)12-4-2-1-3-5-12/h1-5,11,13-15H,6-10H2,(H,20,21,22). The van der Waals surface area contributed by atoms with E-state index in [2.05, 4.69) is 39.6 Å². The predicted molar refractivity (Wildman–Crippen MR) is 90.8 cm³/mol. The lowest BCUT2D eigenvalue weighted by Gasteiger charge is -2.30. The first-order valence-corrected chi connectivity index (χ1v) is 8.63. The van der Waals surface area contributed by atoms with Crippen molar-refractivity contribution < 1.29 is 4.74 Å². The minimum absolute atomic E-state index is 0.141. The molecule has 1 aromatic carbocycles. The van der Waals surface area contributed by atoms with Gasteiger partial charge in [-0.25, -0.2) is 9.97 Å². The third-order valence-electron chi connectivity index (χ3n) is 4.46. The Kier molecular flexibility index (Phi) is 4.19. The summed E-state index contributed by atoms with van der Waals surface area (Å²) in [6.07, 6.45) is 4.40. The Morgan fingerprint density at radius 2 is 1.91 bits per heavy atom. The molecule has 1 aliphatic carbocycles. The van der Waals surface area contributed by atoms with Crippen molar-refractivity contribution in [2.24, 2.45) is 0 Å². The van der Waals surface area contributed by atoms with E-state index in [1.165, 1.54) is 18.4 Å². The van der Waals surface area contributed by atoms with Crippen molar-refractivity contribution in [2.45, 2.75) is 43.7 Å². The van der Waals surface area contributed by atoms with Gasteiger partial charge in [0.1, 0.15) is 16.8 Å². The number of nitrogens with one attached hydrogen (secondary N) is 1. The lowest BCUT2D eigenvalue weighted by molar-refractivity contribution is 0.00974. The van der Waals surface area contributed by atoms with Crippen molar-refractivity contribution in [3.8, 4) is 0 Å². The zero-order valence-electron chi connectivity index (χ0n) is 12.9. The summed E-state index contributed by atoms with van der Waals surface area (Å²) in [5.74, 6) is 2.22. The van der Waals surface area contributed by atoms with E-state index in [0.29, 0.717) is 17.1 Å². The Labute approximate surface area is 141 Å². The summed E-state index contributed by atoms with van der Waals surface area (Å²) in [4.78, 5) is 8.98. The molecule has 1 aliphatic heterocycles. The summed E-state index contributed by atoms with van der Waals surface area (Å²) < 4.78 is 5.93. The first kappa shape index (κ1) is 14.9. The number of nitrogens with zero attached hydrogens (tertiary/aromatic N) is 2. The van der Waals surface area contributed by atoms with Crippen LogP contribution in [0.1, 0.15) is 49.1 Å². The molecular formula is C18H20ClN3O. The van der Waals surface area contributed by atoms with Gasteiger partial charge in [-0.15, -0.1) is 0 Å². The summed E-state index contributed by atoms with van der Waals surface area (Å²) in [5, 5.41) is 4.05. The number of rotatable bonds is 4. The second-order valence-corrected chi connectivity index (χ2v) is 6.73. The maximum atomic E-state index is 6.15. The van der Waals surface area contributed by atoms with Crippen LogP contribution in [-0.4, -0.2) is 22.6 Å². The number of benzene rings is 1. The van der Waals surface area contributed by atoms with Crippen LogP contribution in [0.25, 0.3) is 0 Å². The number of hydrogen-bond donors (Lipinski definition) is 1. The fraction of sp³-hybridized carbons (Fsp3) is 0.444. The number of aromatic nitrogens is 2. The van der Waals surface area contributed by atoms with Gasteiger partial charge < -0.3 is 10.1 Å². The molecule has 2 aliphatic rings. The highest BCUT2D eigenvalue weighted by atomic mass is 35.5. The zero-order chi connectivity index (χ0) is 15.6. The molecule has 120 valence electrons. The summed E-state index contributed by atoms with van der Waals surface area (Å²) in [5.41, 5.74) is 1.23. The molecule has 0 bridgehead atoms. The van der Waals surface area contributed by atoms with Crippen molar-refractivity contribution in [1.29, 1.82) is 0 Å². The first-order valence-electron chi connectivity index (χ1n) is 8.25. The molecule has 2 atom stereocenters. The molecule has 0 amide bonds. The monoisotopic (exact) mass is 329 g/mol. The van der Waals surface area contributed by atoms with Crippen LogP contribution in [0.2, 0.25) is 5.15 Å². The van der Waals surface area contributed by atoms with Gasteiger partial charge in [0.2, 0.25) is 0 Å². The van der Waals surface area contributed by atoms with E-state index in [1.807, 2.05) is 12.1 Å². The van der Waals surface area contributed by atoms with Crippen molar-refractivity contribution in [3.05, 3.63) is 52.9 Å². The summed E-state index contributed by atoms with van der Waals surface area (Å²) in [6, 6.07) is 12.6. The van der Waals surface area contributed by atoms with Gasteiger partial charge in [-0.05, 0) is 31.2 Å². The fourth-order valence-corrected chi connectivity index (χ4v) is 3.26. The van der Waals surface area contributed by atoms with E-state index < -0.39 is 0 Å². The van der Waals surface area contributed by atoms with Crippen LogP contribution in [0.5, 0.6) is 0 Å². The second-order valence-electron chi connectivity index (χ2n) is 6.34. The predicted octanol–water partition coefficient (Wildman–Crippen LogP) is 4.34. The molecule has 0 spiro atoms. The normalized spacial score (nSPS) is 24.4. The van der Waals surface area contributed by atoms with E-state index >= 15 is 0 Å². The van der Waals surface area contributed by atoms with Crippen molar-refractivity contribution >= 4 is 17.4 Å². The zero-order valence-corrected chi connectivity index (χ0v) is 13.7. The van der Waals surface area contributed by atoms with Crippen LogP contribution >= 0.6 is 11.6 Å². The summed E-state index contributed by atoms with van der Waals surface area (Å²) in [7, 11) is 0. The van der Waals surface area contributed by atoms with Crippen LogP contribution in [0, 0.1) is 0 Å². The molecule has 2 heterocycles. The maximum absolute atomic E-state index is 6.15. The summed E-state index contributed by atoms with van der Waals surface area (Å²) >= 11 is 6.15. The molecule has 1 saturated heterocycles. The van der Waals surface area contributed by atoms with E-state index in [-0.39, 0.29) is 6.10 Å². The van der Waals surface area contributed by atoms with Gasteiger partial charge in [0.25, 0.3) is 0 Å². The minimum Gasteiger partial charge on any atom is -0.373 e. The highest BCUT2D eigenvalue weighted by Gasteiger charge is 2.28. The number of anilines is 1. The maximum Gasteiger partial charge on any atom is 0.135 e. The molecule has 2 fully saturated rings. The number of ether oxygens (including phenoxy) is 1. The number of halogens is 1. The Morgan fingerprint density at radius 1 is 1.09 bits per heavy atom. The first-order chi connectivity index (χ1) is 11.3. The Balaban J connectivity index is 1.46. The SMILES string of the molecule is Clc1cc(NC2CCOC(c3ccccc3)C2)nc(C2CC2)n1. The van der Waals surface area contributed by atoms with Crippen molar-refractivity contribution in [3.63, 3.8) is 0 Å². The third-order valence-corrected chi connectivity index (χ3v) is 4.66. The largest absolute Gasteiger partial charge is 0.373 e. The highest BCUT2D eigenvalue weighted by Crippen LogP contribution is 2.39. The van der Waals surface area contributed by atoms with Gasteiger partial charge >= 0.3 is 0 Å². The second kappa shape index (κ2) is 6.46. The lowest BCUT2D eigenvalue weighted by Crippen LogP contribution is -2.30. The molecule has 4 nitrogen and oxygen atoms in total. The molecule has 1 aromatic heterocycles. The average Bonchev–Trinajstić information content (AvgIpc) is 3.40. The molecule has 0 radical (unpaired) electrons. The molecule has 2 unspecified atom stereocenters. The number of hydrogen-bond acceptors (Lipinski definition) is 4. The van der Waals surface area contributed by atoms with Gasteiger partial charge in [-0.3, -0.25) is 0 Å². The molecule has 4 rings (SSSR count). The van der Waals surface area contributed by atoms with E-state index in [4.69, 9.17) is 16.3 Å². The molecule has 1 saturated carbocycles. The van der Waals surface area contributed by atoms with E-state index in [9.17, 15) is 0 Å². The van der Waals surface area contributed by atoms with Crippen LogP contribution < -0.4 is 5.32 Å². The van der Waals surface area contributed by atoms with Gasteiger partial charge in [-0.2, -0.15) is 0 Å². The Bertz CT molecular complexity index is 675. The van der Waals surface area contributed by atoms with Crippen LogP contribution in [0.3, 0.4) is 0 Å².